The molecule has 2 unspecified atom stereocenters. The third-order valence-corrected chi connectivity index (χ3v) is 4.33. The lowest BCUT2D eigenvalue weighted by atomic mass is 10.0. The third kappa shape index (κ3) is 3.31. The lowest BCUT2D eigenvalue weighted by Crippen LogP contribution is -2.35. The van der Waals surface area contributed by atoms with Crippen LogP contribution in [0.5, 0.6) is 0 Å². The summed E-state index contributed by atoms with van der Waals surface area (Å²) < 4.78 is 0. The summed E-state index contributed by atoms with van der Waals surface area (Å²) in [4.78, 5) is 23.8. The first-order chi connectivity index (χ1) is 11.4. The predicted octanol–water partition coefficient (Wildman–Crippen LogP) is 2.37. The van der Waals surface area contributed by atoms with Crippen LogP contribution >= 0.6 is 0 Å². The molecule has 0 spiro atoms. The Morgan fingerprint density at radius 2 is 1.83 bits per heavy atom. The molecule has 2 amide bonds. The van der Waals surface area contributed by atoms with Crippen molar-refractivity contribution >= 4 is 17.5 Å². The maximum Gasteiger partial charge on any atom is 0.241 e. The Balaban J connectivity index is 1.69. The smallest absolute Gasteiger partial charge is 0.241 e. The van der Waals surface area contributed by atoms with E-state index in [1.807, 2.05) is 56.3 Å². The normalized spacial score (nSPS) is 15.4. The second-order valence-electron chi connectivity index (χ2n) is 6.26. The van der Waals surface area contributed by atoms with Crippen molar-refractivity contribution in [1.82, 2.24) is 5.32 Å². The summed E-state index contributed by atoms with van der Waals surface area (Å²) in [5, 5.41) is 5.74. The van der Waals surface area contributed by atoms with E-state index < -0.39 is 6.04 Å². The Kier molecular flexibility index (Phi) is 4.36. The summed E-state index contributed by atoms with van der Waals surface area (Å²) in [6.07, 6.45) is 0.382. The highest BCUT2D eigenvalue weighted by atomic mass is 16.2. The number of fused-ring (bicyclic) bond motifs is 1. The Labute approximate surface area is 141 Å². The molecule has 1 aliphatic heterocycles. The van der Waals surface area contributed by atoms with Gasteiger partial charge in [-0.05, 0) is 36.6 Å². The summed E-state index contributed by atoms with van der Waals surface area (Å²) in [5.74, 6) is -0.221. The van der Waals surface area contributed by atoms with Crippen LogP contribution in [0.4, 0.5) is 5.69 Å². The molecule has 0 radical (unpaired) electrons. The monoisotopic (exact) mass is 323 g/mol. The van der Waals surface area contributed by atoms with Crippen molar-refractivity contribution in [2.24, 2.45) is 5.73 Å². The molecule has 0 fully saturated rings. The summed E-state index contributed by atoms with van der Waals surface area (Å²) >= 11 is 0. The molecule has 1 heterocycles. The van der Waals surface area contributed by atoms with Crippen molar-refractivity contribution in [3.05, 3.63) is 64.7 Å². The zero-order chi connectivity index (χ0) is 17.3. The van der Waals surface area contributed by atoms with Gasteiger partial charge in [-0.3, -0.25) is 9.59 Å². The molecule has 0 aromatic heterocycles. The fraction of sp³-hybridized carbons (Fsp3) is 0.263. The summed E-state index contributed by atoms with van der Waals surface area (Å²) in [6.45, 7) is 3.90. The summed E-state index contributed by atoms with van der Waals surface area (Å²) in [7, 11) is 0. The van der Waals surface area contributed by atoms with Crippen molar-refractivity contribution in [1.29, 1.82) is 0 Å². The summed E-state index contributed by atoms with van der Waals surface area (Å²) in [6, 6.07) is 12.5. The van der Waals surface area contributed by atoms with Crippen molar-refractivity contribution in [2.75, 3.05) is 5.32 Å². The van der Waals surface area contributed by atoms with Gasteiger partial charge in [0, 0.05) is 5.69 Å². The highest BCUT2D eigenvalue weighted by Gasteiger charge is 2.21. The molecule has 1 aliphatic rings. The zero-order valence-electron chi connectivity index (χ0n) is 13.8. The molecule has 0 saturated heterocycles. The molecule has 2 atom stereocenters. The number of hydrogen-bond acceptors (Lipinski definition) is 3. The number of carbonyl (C=O) groups excluding carboxylic acids is 2. The minimum atomic E-state index is -0.703. The SMILES string of the molecule is Cc1ccc(C(N)C(=O)NC(C)c2ccc3c(c2)CC(=O)N3)cc1. The molecular weight excluding hydrogens is 302 g/mol. The quantitative estimate of drug-likeness (QED) is 0.807. The van der Waals surface area contributed by atoms with E-state index in [0.29, 0.717) is 6.42 Å². The average molecular weight is 323 g/mol. The van der Waals surface area contributed by atoms with E-state index in [9.17, 15) is 9.59 Å². The van der Waals surface area contributed by atoms with Crippen molar-refractivity contribution in [3.63, 3.8) is 0 Å². The standard InChI is InChI=1S/C19H21N3O2/c1-11-3-5-13(6-4-11)18(20)19(24)21-12(2)14-7-8-16-15(9-14)10-17(23)22-16/h3-9,12,18H,10,20H2,1-2H3,(H,21,24)(H,22,23). The van der Waals surface area contributed by atoms with Crippen LogP contribution in [-0.4, -0.2) is 11.8 Å². The number of nitrogens with two attached hydrogens (primary N) is 1. The van der Waals surface area contributed by atoms with Gasteiger partial charge in [0.05, 0.1) is 12.5 Å². The first-order valence-electron chi connectivity index (χ1n) is 7.99. The van der Waals surface area contributed by atoms with Crippen LogP contribution in [-0.2, 0) is 16.0 Å². The second-order valence-corrected chi connectivity index (χ2v) is 6.26. The third-order valence-electron chi connectivity index (χ3n) is 4.33. The van der Waals surface area contributed by atoms with Crippen LogP contribution in [0.25, 0.3) is 0 Å². The van der Waals surface area contributed by atoms with Gasteiger partial charge < -0.3 is 16.4 Å². The molecule has 24 heavy (non-hydrogen) atoms. The molecule has 3 rings (SSSR count). The topological polar surface area (TPSA) is 84.2 Å². The largest absolute Gasteiger partial charge is 0.348 e. The molecule has 2 aromatic rings. The fourth-order valence-corrected chi connectivity index (χ4v) is 2.83. The Morgan fingerprint density at radius 3 is 2.54 bits per heavy atom. The second kappa shape index (κ2) is 6.45. The van der Waals surface area contributed by atoms with E-state index in [1.54, 1.807) is 0 Å². The lowest BCUT2D eigenvalue weighted by Gasteiger charge is -2.19. The van der Waals surface area contributed by atoms with Crippen molar-refractivity contribution < 1.29 is 9.59 Å². The highest BCUT2D eigenvalue weighted by molar-refractivity contribution is 5.99. The van der Waals surface area contributed by atoms with Gasteiger partial charge in [0.25, 0.3) is 0 Å². The Hall–Kier alpha value is -2.66. The van der Waals surface area contributed by atoms with E-state index in [-0.39, 0.29) is 17.9 Å². The molecule has 0 bridgehead atoms. The number of benzene rings is 2. The van der Waals surface area contributed by atoms with E-state index in [4.69, 9.17) is 5.73 Å². The van der Waals surface area contributed by atoms with Gasteiger partial charge in [0.15, 0.2) is 0 Å². The Morgan fingerprint density at radius 1 is 1.17 bits per heavy atom. The molecule has 0 aliphatic carbocycles. The van der Waals surface area contributed by atoms with Gasteiger partial charge in [-0.1, -0.05) is 42.0 Å². The number of anilines is 1. The first-order valence-corrected chi connectivity index (χ1v) is 7.99. The van der Waals surface area contributed by atoms with E-state index in [1.165, 1.54) is 0 Å². The van der Waals surface area contributed by atoms with Crippen molar-refractivity contribution in [3.8, 4) is 0 Å². The highest BCUT2D eigenvalue weighted by Crippen LogP contribution is 2.26. The average Bonchev–Trinajstić information content (AvgIpc) is 2.93. The van der Waals surface area contributed by atoms with Crippen LogP contribution < -0.4 is 16.4 Å². The number of nitrogens with one attached hydrogen (secondary N) is 2. The Bertz CT molecular complexity index is 784. The number of aryl methyl sites for hydroxylation is 1. The molecule has 5 nitrogen and oxygen atoms in total. The van der Waals surface area contributed by atoms with Crippen LogP contribution in [0, 0.1) is 6.92 Å². The summed E-state index contributed by atoms with van der Waals surface area (Å²) in [5.41, 5.74) is 10.7. The lowest BCUT2D eigenvalue weighted by molar-refractivity contribution is -0.123. The molecule has 5 heteroatoms. The predicted molar refractivity (Wildman–Crippen MR) is 93.4 cm³/mol. The molecule has 2 aromatic carbocycles. The van der Waals surface area contributed by atoms with Gasteiger partial charge in [-0.15, -0.1) is 0 Å². The molecular formula is C19H21N3O2. The molecule has 0 saturated carbocycles. The van der Waals surface area contributed by atoms with Crippen LogP contribution in [0.15, 0.2) is 42.5 Å². The van der Waals surface area contributed by atoms with Crippen LogP contribution in [0.1, 0.15) is 41.3 Å². The van der Waals surface area contributed by atoms with Gasteiger partial charge >= 0.3 is 0 Å². The van der Waals surface area contributed by atoms with Crippen LogP contribution in [0.2, 0.25) is 0 Å². The minimum absolute atomic E-state index is 0.000215. The van der Waals surface area contributed by atoms with Crippen LogP contribution in [0.3, 0.4) is 0 Å². The van der Waals surface area contributed by atoms with E-state index in [0.717, 1.165) is 27.9 Å². The number of carbonyl (C=O) groups is 2. The molecule has 124 valence electrons. The number of amides is 2. The van der Waals surface area contributed by atoms with E-state index in [2.05, 4.69) is 10.6 Å². The van der Waals surface area contributed by atoms with Gasteiger partial charge in [0.2, 0.25) is 11.8 Å². The first kappa shape index (κ1) is 16.2. The molecule has 4 N–H and O–H groups in total. The number of hydrogen-bond donors (Lipinski definition) is 3. The maximum atomic E-state index is 12.4. The van der Waals surface area contributed by atoms with Gasteiger partial charge in [-0.25, -0.2) is 0 Å². The maximum absolute atomic E-state index is 12.4. The zero-order valence-corrected chi connectivity index (χ0v) is 13.8. The number of rotatable bonds is 4. The van der Waals surface area contributed by atoms with Gasteiger partial charge in [-0.2, -0.15) is 0 Å². The van der Waals surface area contributed by atoms with E-state index >= 15 is 0 Å². The van der Waals surface area contributed by atoms with Crippen molar-refractivity contribution in [2.45, 2.75) is 32.4 Å². The van der Waals surface area contributed by atoms with Gasteiger partial charge in [0.1, 0.15) is 6.04 Å². The minimum Gasteiger partial charge on any atom is -0.348 e. The fourth-order valence-electron chi connectivity index (χ4n) is 2.83.